The lowest BCUT2D eigenvalue weighted by atomic mass is 10.0. The third kappa shape index (κ3) is 5.25. The number of ether oxygens (including phenoxy) is 3. The Bertz CT molecular complexity index is 1500. The second-order valence-corrected chi connectivity index (χ2v) is 9.21. The van der Waals surface area contributed by atoms with E-state index in [0.29, 0.717) is 41.3 Å². The van der Waals surface area contributed by atoms with Crippen LogP contribution in [-0.4, -0.2) is 29.8 Å². The summed E-state index contributed by atoms with van der Waals surface area (Å²) < 4.78 is 44.8. The molecule has 0 spiro atoms. The lowest BCUT2D eigenvalue weighted by Crippen LogP contribution is -2.22. The number of nitrogens with zero attached hydrogens (tertiary/aromatic N) is 2. The molecule has 1 aliphatic rings. The molecule has 1 aliphatic heterocycles. The van der Waals surface area contributed by atoms with Crippen LogP contribution in [0.3, 0.4) is 0 Å². The van der Waals surface area contributed by atoms with Gasteiger partial charge in [-0.25, -0.2) is 4.39 Å². The van der Waals surface area contributed by atoms with Crippen LogP contribution in [0.25, 0.3) is 11.0 Å². The quantitative estimate of drug-likeness (QED) is 0.191. The molecule has 4 aromatic rings. The minimum atomic E-state index is -1.09. The first-order valence-electron chi connectivity index (χ1n) is 11.9. The zero-order chi connectivity index (χ0) is 26.6. The van der Waals surface area contributed by atoms with Crippen molar-refractivity contribution in [2.24, 2.45) is 0 Å². The summed E-state index contributed by atoms with van der Waals surface area (Å²) in [6.45, 7) is 5.52. The lowest BCUT2D eigenvalue weighted by Gasteiger charge is -2.20. The van der Waals surface area contributed by atoms with Gasteiger partial charge in [0.25, 0.3) is 5.91 Å². The number of benzene rings is 2. The molecule has 38 heavy (non-hydrogen) atoms. The summed E-state index contributed by atoms with van der Waals surface area (Å²) in [5.41, 5.74) is 2.47. The summed E-state index contributed by atoms with van der Waals surface area (Å²) in [5.74, 6) is 0.603. The summed E-state index contributed by atoms with van der Waals surface area (Å²) >= 11 is 1.37. The number of carbonyl (C=O) groups is 1. The van der Waals surface area contributed by atoms with Crippen LogP contribution >= 0.6 is 11.9 Å². The molecule has 2 N–H and O–H groups in total. The number of anilines is 1. The highest BCUT2D eigenvalue weighted by Crippen LogP contribution is 2.45. The minimum Gasteiger partial charge on any atom is -0.496 e. The molecule has 0 unspecified atom stereocenters. The first-order chi connectivity index (χ1) is 18.5. The van der Waals surface area contributed by atoms with E-state index in [9.17, 15) is 9.18 Å². The molecule has 0 radical (unpaired) electrons. The normalized spacial score (nSPS) is 12.5. The van der Waals surface area contributed by atoms with E-state index in [2.05, 4.69) is 39.7 Å². The van der Waals surface area contributed by atoms with E-state index in [0.717, 1.165) is 29.1 Å². The van der Waals surface area contributed by atoms with E-state index >= 15 is 0 Å². The van der Waals surface area contributed by atoms with E-state index in [1.54, 1.807) is 13.2 Å². The van der Waals surface area contributed by atoms with Gasteiger partial charge in [-0.2, -0.15) is 4.98 Å². The fourth-order valence-corrected chi connectivity index (χ4v) is 4.78. The molecule has 0 bridgehead atoms. The molecule has 0 saturated heterocycles. The van der Waals surface area contributed by atoms with Gasteiger partial charge in [-0.05, 0) is 48.9 Å². The molecule has 0 aliphatic carbocycles. The maximum atomic E-state index is 12.9. The predicted molar refractivity (Wildman–Crippen MR) is 138 cm³/mol. The zero-order valence-electron chi connectivity index (χ0n) is 20.8. The Labute approximate surface area is 221 Å². The van der Waals surface area contributed by atoms with Gasteiger partial charge in [0.05, 0.1) is 31.4 Å². The number of aryl methyl sites for hydroxylation is 1. The molecule has 2 aromatic carbocycles. The van der Waals surface area contributed by atoms with Crippen LogP contribution in [0, 0.1) is 0 Å². The van der Waals surface area contributed by atoms with Gasteiger partial charge in [-0.15, -0.1) is 0 Å². The Morgan fingerprint density at radius 1 is 1.29 bits per heavy atom. The van der Waals surface area contributed by atoms with Gasteiger partial charge < -0.3 is 33.2 Å². The number of fused-ring (bicyclic) bond motifs is 3. The number of rotatable bonds is 10. The maximum Gasteiger partial charge on any atom is 0.399 e. The Morgan fingerprint density at radius 2 is 2.16 bits per heavy atom. The molecule has 198 valence electrons. The lowest BCUT2D eigenvalue weighted by molar-refractivity contribution is -0.119. The summed E-state index contributed by atoms with van der Waals surface area (Å²) in [5, 5.41) is 7.25. The molecular weight excluding hydrogens is 515 g/mol. The van der Waals surface area contributed by atoms with Gasteiger partial charge in [0, 0.05) is 11.6 Å². The van der Waals surface area contributed by atoms with Crippen molar-refractivity contribution in [3.8, 4) is 23.3 Å². The van der Waals surface area contributed by atoms with Gasteiger partial charge in [0.2, 0.25) is 0 Å². The number of hydrogen-bond acceptors (Lipinski definition) is 10. The largest absolute Gasteiger partial charge is 0.496 e. The average Bonchev–Trinajstić information content (AvgIpc) is 3.57. The number of halogens is 1. The highest BCUT2D eigenvalue weighted by Gasteiger charge is 2.26. The SMILES string of the molecule is C=C(F)C(=O)NCc1cnc(Oc2cc3onc(NSc4cc(CC)ccc4OC)c3c3c2CCCO3)o1. The molecule has 0 fully saturated rings. The molecule has 5 rings (SSSR count). The van der Waals surface area contributed by atoms with Crippen molar-refractivity contribution >= 4 is 34.6 Å². The van der Waals surface area contributed by atoms with Crippen molar-refractivity contribution in [3.05, 3.63) is 59.8 Å². The van der Waals surface area contributed by atoms with Crippen LogP contribution in [0.15, 0.2) is 56.7 Å². The molecule has 1 amide bonds. The molecule has 0 atom stereocenters. The molecule has 10 nitrogen and oxygen atoms in total. The summed E-state index contributed by atoms with van der Waals surface area (Å²) in [6.07, 6.45) is 3.74. The Kier molecular flexibility index (Phi) is 7.40. The monoisotopic (exact) mass is 540 g/mol. The van der Waals surface area contributed by atoms with Gasteiger partial charge in [-0.3, -0.25) is 4.79 Å². The molecule has 0 saturated carbocycles. The zero-order valence-corrected chi connectivity index (χ0v) is 21.6. The van der Waals surface area contributed by atoms with Crippen molar-refractivity contribution in [1.29, 1.82) is 0 Å². The van der Waals surface area contributed by atoms with Crippen LogP contribution in [-0.2, 0) is 24.2 Å². The standard InChI is InChI=1S/C26H25FN4O6S/c1-4-15-7-8-18(33-3)21(10-15)38-31-24-22-20(37-30-24)11-19(17-6-5-9-34-23(17)22)36-26-29-13-16(35-26)12-28-25(32)14(2)27/h7-8,10-11,13H,2,4-6,9,12H2,1,3H3,(H,28,32)(H,30,31). The fraction of sp³-hybridized carbons (Fsp3) is 0.269. The van der Waals surface area contributed by atoms with Crippen molar-refractivity contribution in [3.63, 3.8) is 0 Å². The van der Waals surface area contributed by atoms with E-state index < -0.39 is 11.7 Å². The van der Waals surface area contributed by atoms with Crippen LogP contribution < -0.4 is 24.2 Å². The third-order valence-corrected chi connectivity index (χ3v) is 6.72. The third-order valence-electron chi connectivity index (χ3n) is 5.89. The van der Waals surface area contributed by atoms with Crippen LogP contribution in [0.4, 0.5) is 10.2 Å². The highest BCUT2D eigenvalue weighted by molar-refractivity contribution is 8.00. The van der Waals surface area contributed by atoms with Crippen molar-refractivity contribution in [1.82, 2.24) is 15.5 Å². The number of carbonyl (C=O) groups excluding carboxylic acids is 1. The summed E-state index contributed by atoms with van der Waals surface area (Å²) in [4.78, 5) is 16.4. The Hall–Kier alpha value is -4.19. The van der Waals surface area contributed by atoms with E-state index in [1.165, 1.54) is 23.7 Å². The van der Waals surface area contributed by atoms with Gasteiger partial charge in [0.1, 0.15) is 28.4 Å². The van der Waals surface area contributed by atoms with Crippen molar-refractivity contribution in [2.45, 2.75) is 37.6 Å². The summed E-state index contributed by atoms with van der Waals surface area (Å²) in [6, 6.07) is 7.76. The maximum absolute atomic E-state index is 12.9. The highest BCUT2D eigenvalue weighted by atomic mass is 32.2. The summed E-state index contributed by atoms with van der Waals surface area (Å²) in [7, 11) is 1.64. The molecule has 12 heteroatoms. The Morgan fingerprint density at radius 3 is 2.95 bits per heavy atom. The first-order valence-corrected chi connectivity index (χ1v) is 12.7. The number of hydrogen-bond donors (Lipinski definition) is 2. The number of methoxy groups -OCH3 is 1. The topological polar surface area (TPSA) is 121 Å². The molecule has 2 aromatic heterocycles. The Balaban J connectivity index is 1.39. The molecule has 3 heterocycles. The number of aromatic nitrogens is 2. The van der Waals surface area contributed by atoms with Crippen molar-refractivity contribution < 1.29 is 32.3 Å². The van der Waals surface area contributed by atoms with Crippen LogP contribution in [0.5, 0.6) is 23.3 Å². The molecular formula is C26H25FN4O6S. The van der Waals surface area contributed by atoms with Gasteiger partial charge >= 0.3 is 6.08 Å². The first kappa shape index (κ1) is 25.5. The minimum absolute atomic E-state index is 0.0447. The second kappa shape index (κ2) is 11.1. The predicted octanol–water partition coefficient (Wildman–Crippen LogP) is 5.72. The van der Waals surface area contributed by atoms with Crippen LogP contribution in [0.2, 0.25) is 0 Å². The number of oxazole rings is 1. The van der Waals surface area contributed by atoms with E-state index in [-0.39, 0.29) is 18.4 Å². The van der Waals surface area contributed by atoms with E-state index in [4.69, 9.17) is 23.2 Å². The van der Waals surface area contributed by atoms with Gasteiger partial charge in [-0.1, -0.05) is 24.7 Å². The fourth-order valence-electron chi connectivity index (χ4n) is 3.97. The van der Waals surface area contributed by atoms with Crippen molar-refractivity contribution in [2.75, 3.05) is 18.4 Å². The number of amides is 1. The van der Waals surface area contributed by atoms with Crippen LogP contribution in [0.1, 0.15) is 30.2 Å². The smallest absolute Gasteiger partial charge is 0.399 e. The number of nitrogens with one attached hydrogen (secondary N) is 2. The average molecular weight is 541 g/mol. The second-order valence-electron chi connectivity index (χ2n) is 8.36. The van der Waals surface area contributed by atoms with Gasteiger partial charge in [0.15, 0.2) is 17.2 Å². The van der Waals surface area contributed by atoms with E-state index in [1.807, 2.05) is 12.1 Å².